The van der Waals surface area contributed by atoms with Crippen LogP contribution in [0, 0.1) is 11.7 Å². The molecule has 2 atom stereocenters. The molecule has 1 aliphatic rings. The van der Waals surface area contributed by atoms with Gasteiger partial charge in [-0.3, -0.25) is 4.79 Å². The van der Waals surface area contributed by atoms with Crippen molar-refractivity contribution in [1.82, 2.24) is 4.90 Å². The SMILES string of the molecule is Br.COC(=O)C1CN(C)CCC1c1ccc(F)cc1. The van der Waals surface area contributed by atoms with Crippen molar-refractivity contribution in [3.05, 3.63) is 35.6 Å². The molecule has 1 aromatic carbocycles. The molecular formula is C14H19BrFNO2. The number of benzene rings is 1. The second-order valence-corrected chi connectivity index (χ2v) is 4.84. The third-order valence-electron chi connectivity index (χ3n) is 3.62. The molecule has 0 spiro atoms. The Kier molecular flexibility index (Phi) is 5.94. The average molecular weight is 332 g/mol. The predicted octanol–water partition coefficient (Wildman–Crippen LogP) is 2.61. The van der Waals surface area contributed by atoms with E-state index in [0.717, 1.165) is 18.5 Å². The van der Waals surface area contributed by atoms with Gasteiger partial charge in [0, 0.05) is 6.54 Å². The van der Waals surface area contributed by atoms with Gasteiger partial charge in [-0.15, -0.1) is 17.0 Å². The highest BCUT2D eigenvalue weighted by Crippen LogP contribution is 2.33. The fourth-order valence-corrected chi connectivity index (χ4v) is 2.61. The van der Waals surface area contributed by atoms with Gasteiger partial charge in [0.2, 0.25) is 0 Å². The molecule has 0 aromatic heterocycles. The number of carbonyl (C=O) groups excluding carboxylic acids is 1. The molecule has 0 N–H and O–H groups in total. The van der Waals surface area contributed by atoms with Gasteiger partial charge in [0.05, 0.1) is 13.0 Å². The van der Waals surface area contributed by atoms with Crippen LogP contribution in [-0.4, -0.2) is 38.1 Å². The Labute approximate surface area is 123 Å². The van der Waals surface area contributed by atoms with Gasteiger partial charge in [0.25, 0.3) is 0 Å². The van der Waals surface area contributed by atoms with Crippen molar-refractivity contribution < 1.29 is 13.9 Å². The van der Waals surface area contributed by atoms with E-state index in [-0.39, 0.29) is 40.6 Å². The molecule has 106 valence electrons. The number of carbonyl (C=O) groups is 1. The Hall–Kier alpha value is -0.940. The smallest absolute Gasteiger partial charge is 0.310 e. The lowest BCUT2D eigenvalue weighted by atomic mass is 9.80. The number of rotatable bonds is 2. The summed E-state index contributed by atoms with van der Waals surface area (Å²) < 4.78 is 17.8. The number of methoxy groups -OCH3 is 1. The Balaban J connectivity index is 0.00000180. The predicted molar refractivity (Wildman–Crippen MR) is 77.1 cm³/mol. The van der Waals surface area contributed by atoms with E-state index in [4.69, 9.17) is 4.74 Å². The summed E-state index contributed by atoms with van der Waals surface area (Å²) in [7, 11) is 3.41. The van der Waals surface area contributed by atoms with E-state index in [9.17, 15) is 9.18 Å². The number of ether oxygens (including phenoxy) is 1. The van der Waals surface area contributed by atoms with Crippen LogP contribution in [0.2, 0.25) is 0 Å². The molecule has 1 heterocycles. The summed E-state index contributed by atoms with van der Waals surface area (Å²) in [6.45, 7) is 1.63. The fraction of sp³-hybridized carbons (Fsp3) is 0.500. The molecule has 0 amide bonds. The summed E-state index contributed by atoms with van der Waals surface area (Å²) in [5, 5.41) is 0. The van der Waals surface area contributed by atoms with E-state index in [0.29, 0.717) is 6.54 Å². The van der Waals surface area contributed by atoms with Gasteiger partial charge in [-0.2, -0.15) is 0 Å². The molecule has 1 aromatic rings. The van der Waals surface area contributed by atoms with Crippen molar-refractivity contribution >= 4 is 23.0 Å². The van der Waals surface area contributed by atoms with Crippen molar-refractivity contribution in [2.45, 2.75) is 12.3 Å². The minimum Gasteiger partial charge on any atom is -0.469 e. The number of halogens is 2. The second kappa shape index (κ2) is 7.01. The molecule has 19 heavy (non-hydrogen) atoms. The van der Waals surface area contributed by atoms with Crippen LogP contribution in [0.15, 0.2) is 24.3 Å². The van der Waals surface area contributed by atoms with Crippen LogP contribution in [0.5, 0.6) is 0 Å². The summed E-state index contributed by atoms with van der Waals surface area (Å²) in [4.78, 5) is 14.0. The minimum absolute atomic E-state index is 0. The maximum absolute atomic E-state index is 12.9. The van der Waals surface area contributed by atoms with E-state index in [1.54, 1.807) is 12.1 Å². The van der Waals surface area contributed by atoms with Crippen molar-refractivity contribution in [2.75, 3.05) is 27.2 Å². The summed E-state index contributed by atoms with van der Waals surface area (Å²) in [5.41, 5.74) is 1.01. The van der Waals surface area contributed by atoms with Gasteiger partial charge in [-0.05, 0) is 43.6 Å². The molecule has 2 rings (SSSR count). The van der Waals surface area contributed by atoms with E-state index in [1.165, 1.54) is 19.2 Å². The van der Waals surface area contributed by atoms with Gasteiger partial charge >= 0.3 is 5.97 Å². The summed E-state index contributed by atoms with van der Waals surface area (Å²) in [6.07, 6.45) is 0.891. The third-order valence-corrected chi connectivity index (χ3v) is 3.62. The maximum Gasteiger partial charge on any atom is 0.310 e. The zero-order valence-electron chi connectivity index (χ0n) is 11.1. The van der Waals surface area contributed by atoms with Crippen molar-refractivity contribution in [1.29, 1.82) is 0 Å². The molecule has 0 radical (unpaired) electrons. The van der Waals surface area contributed by atoms with Gasteiger partial charge in [0.1, 0.15) is 5.82 Å². The number of nitrogens with zero attached hydrogens (tertiary/aromatic N) is 1. The van der Waals surface area contributed by atoms with Crippen LogP contribution in [-0.2, 0) is 9.53 Å². The number of esters is 1. The average Bonchev–Trinajstić information content (AvgIpc) is 2.39. The fourth-order valence-electron chi connectivity index (χ4n) is 2.61. The maximum atomic E-state index is 12.9. The Morgan fingerprint density at radius 1 is 1.37 bits per heavy atom. The Morgan fingerprint density at radius 3 is 2.58 bits per heavy atom. The van der Waals surface area contributed by atoms with Crippen LogP contribution >= 0.6 is 17.0 Å². The van der Waals surface area contributed by atoms with E-state index in [1.807, 2.05) is 7.05 Å². The highest BCUT2D eigenvalue weighted by Gasteiger charge is 2.34. The number of hydrogen-bond acceptors (Lipinski definition) is 3. The first kappa shape index (κ1) is 16.1. The van der Waals surface area contributed by atoms with Gasteiger partial charge in [-0.1, -0.05) is 12.1 Å². The monoisotopic (exact) mass is 331 g/mol. The molecule has 1 fully saturated rings. The lowest BCUT2D eigenvalue weighted by Crippen LogP contribution is -2.41. The highest BCUT2D eigenvalue weighted by molar-refractivity contribution is 8.93. The van der Waals surface area contributed by atoms with Crippen LogP contribution in [0.25, 0.3) is 0 Å². The standard InChI is InChI=1S/C14H18FNO2.BrH/c1-16-8-7-12(13(9-16)14(17)18-2)10-3-5-11(15)6-4-10;/h3-6,12-13H,7-9H2,1-2H3;1H. The zero-order valence-corrected chi connectivity index (χ0v) is 12.8. The topological polar surface area (TPSA) is 29.5 Å². The lowest BCUT2D eigenvalue weighted by Gasteiger charge is -2.35. The molecule has 2 unspecified atom stereocenters. The second-order valence-electron chi connectivity index (χ2n) is 4.84. The van der Waals surface area contributed by atoms with Gasteiger partial charge in [-0.25, -0.2) is 4.39 Å². The first-order valence-corrected chi connectivity index (χ1v) is 6.13. The van der Waals surface area contributed by atoms with Crippen LogP contribution < -0.4 is 0 Å². The summed E-state index contributed by atoms with van der Waals surface area (Å²) in [5.74, 6) is -0.481. The third kappa shape index (κ3) is 3.76. The molecule has 5 heteroatoms. The Bertz CT molecular complexity index is 424. The minimum atomic E-state index is -0.249. The summed E-state index contributed by atoms with van der Waals surface area (Å²) >= 11 is 0. The first-order chi connectivity index (χ1) is 8.61. The van der Waals surface area contributed by atoms with Gasteiger partial charge < -0.3 is 9.64 Å². The molecule has 0 bridgehead atoms. The van der Waals surface area contributed by atoms with E-state index >= 15 is 0 Å². The van der Waals surface area contributed by atoms with Crippen LogP contribution in [0.4, 0.5) is 4.39 Å². The number of likely N-dealkylation sites (tertiary alicyclic amines) is 1. The molecule has 0 saturated carbocycles. The van der Waals surface area contributed by atoms with Gasteiger partial charge in [0.15, 0.2) is 0 Å². The molecule has 3 nitrogen and oxygen atoms in total. The van der Waals surface area contributed by atoms with Crippen LogP contribution in [0.3, 0.4) is 0 Å². The zero-order chi connectivity index (χ0) is 13.1. The largest absolute Gasteiger partial charge is 0.469 e. The normalized spacial score (nSPS) is 23.5. The van der Waals surface area contributed by atoms with Crippen LogP contribution in [0.1, 0.15) is 17.9 Å². The Morgan fingerprint density at radius 2 is 2.00 bits per heavy atom. The first-order valence-electron chi connectivity index (χ1n) is 6.13. The lowest BCUT2D eigenvalue weighted by molar-refractivity contribution is -0.148. The number of hydrogen-bond donors (Lipinski definition) is 0. The van der Waals surface area contributed by atoms with E-state index in [2.05, 4.69) is 4.90 Å². The molecule has 1 aliphatic heterocycles. The molecule has 0 aliphatic carbocycles. The molecule has 1 saturated heterocycles. The van der Waals surface area contributed by atoms with Crippen molar-refractivity contribution in [2.24, 2.45) is 5.92 Å². The quantitative estimate of drug-likeness (QED) is 0.780. The van der Waals surface area contributed by atoms with E-state index < -0.39 is 0 Å². The van der Waals surface area contributed by atoms with Crippen molar-refractivity contribution in [3.63, 3.8) is 0 Å². The highest BCUT2D eigenvalue weighted by atomic mass is 79.9. The summed E-state index contributed by atoms with van der Waals surface area (Å²) in [6, 6.07) is 6.42. The molecular weight excluding hydrogens is 313 g/mol. The number of piperidine rings is 1. The van der Waals surface area contributed by atoms with Crippen molar-refractivity contribution in [3.8, 4) is 0 Å².